The Labute approximate surface area is 102 Å². The predicted molar refractivity (Wildman–Crippen MR) is 67.2 cm³/mol. The van der Waals surface area contributed by atoms with Gasteiger partial charge in [0.05, 0.1) is 6.61 Å². The third kappa shape index (κ3) is 3.30. The smallest absolute Gasteiger partial charge is 0.228 e. The van der Waals surface area contributed by atoms with Gasteiger partial charge in [0, 0.05) is 31.4 Å². The minimum absolute atomic E-state index is 0.325. The van der Waals surface area contributed by atoms with E-state index in [0.29, 0.717) is 18.5 Å². The first-order valence-electron chi connectivity index (χ1n) is 6.26. The van der Waals surface area contributed by atoms with Crippen LogP contribution in [0.2, 0.25) is 0 Å². The Bertz CT molecular complexity index is 350. The first-order chi connectivity index (χ1) is 8.29. The molecule has 2 N–H and O–H groups in total. The van der Waals surface area contributed by atoms with E-state index in [2.05, 4.69) is 21.8 Å². The molecule has 5 heteroatoms. The van der Waals surface area contributed by atoms with E-state index in [-0.39, 0.29) is 0 Å². The summed E-state index contributed by atoms with van der Waals surface area (Å²) in [6.45, 7) is 4.63. The topological polar surface area (TPSA) is 64.3 Å². The summed E-state index contributed by atoms with van der Waals surface area (Å²) in [5, 5.41) is 0. The van der Waals surface area contributed by atoms with Crippen LogP contribution < -0.4 is 15.4 Å². The van der Waals surface area contributed by atoms with Crippen molar-refractivity contribution >= 4 is 5.95 Å². The molecule has 1 fully saturated rings. The molecule has 5 nitrogen and oxygen atoms in total. The summed E-state index contributed by atoms with van der Waals surface area (Å²) in [5.41, 5.74) is 5.88. The minimum atomic E-state index is 0.325. The van der Waals surface area contributed by atoms with E-state index in [1.165, 1.54) is 0 Å². The number of nitrogens with two attached hydrogens (primary N) is 1. The minimum Gasteiger partial charge on any atom is -0.478 e. The van der Waals surface area contributed by atoms with Crippen LogP contribution in [-0.4, -0.2) is 35.7 Å². The fraction of sp³-hybridized carbons (Fsp3) is 0.667. The molecule has 0 unspecified atom stereocenters. The molecule has 0 aromatic carbocycles. The second kappa shape index (κ2) is 5.82. The predicted octanol–water partition coefficient (Wildman–Crippen LogP) is 1.19. The van der Waals surface area contributed by atoms with E-state index in [1.807, 2.05) is 0 Å². The van der Waals surface area contributed by atoms with Crippen molar-refractivity contribution < 1.29 is 4.74 Å². The third-order valence-electron chi connectivity index (χ3n) is 2.89. The molecule has 0 bridgehead atoms. The molecule has 0 saturated carbocycles. The van der Waals surface area contributed by atoms with E-state index in [4.69, 9.17) is 10.5 Å². The van der Waals surface area contributed by atoms with Gasteiger partial charge in [-0.3, -0.25) is 0 Å². The van der Waals surface area contributed by atoms with Crippen LogP contribution in [0.4, 0.5) is 5.95 Å². The fourth-order valence-electron chi connectivity index (χ4n) is 1.87. The van der Waals surface area contributed by atoms with Crippen molar-refractivity contribution in [2.45, 2.75) is 32.2 Å². The molecule has 1 aliphatic rings. The largest absolute Gasteiger partial charge is 0.478 e. The maximum atomic E-state index is 5.88. The normalized spacial score (nSPS) is 17.2. The highest BCUT2D eigenvalue weighted by Gasteiger charge is 2.18. The van der Waals surface area contributed by atoms with Gasteiger partial charge in [0.1, 0.15) is 0 Å². The lowest BCUT2D eigenvalue weighted by atomic mass is 10.1. The third-order valence-corrected chi connectivity index (χ3v) is 2.89. The van der Waals surface area contributed by atoms with Crippen molar-refractivity contribution in [3.63, 3.8) is 0 Å². The van der Waals surface area contributed by atoms with Crippen molar-refractivity contribution in [1.82, 2.24) is 9.97 Å². The van der Waals surface area contributed by atoms with Crippen molar-refractivity contribution in [1.29, 1.82) is 0 Å². The van der Waals surface area contributed by atoms with Crippen LogP contribution in [-0.2, 0) is 0 Å². The van der Waals surface area contributed by atoms with Gasteiger partial charge >= 0.3 is 0 Å². The average Bonchev–Trinajstić information content (AvgIpc) is 2.37. The van der Waals surface area contributed by atoms with Gasteiger partial charge in [-0.2, -0.15) is 4.98 Å². The number of hydrogen-bond acceptors (Lipinski definition) is 5. The zero-order valence-electron chi connectivity index (χ0n) is 10.3. The summed E-state index contributed by atoms with van der Waals surface area (Å²) in [5.74, 6) is 1.41. The molecular formula is C12H20N4O. The summed E-state index contributed by atoms with van der Waals surface area (Å²) >= 11 is 0. The zero-order chi connectivity index (χ0) is 12.1. The molecule has 0 amide bonds. The summed E-state index contributed by atoms with van der Waals surface area (Å²) in [6, 6.07) is 2.13. The van der Waals surface area contributed by atoms with E-state index >= 15 is 0 Å². The number of anilines is 1. The fourth-order valence-corrected chi connectivity index (χ4v) is 1.87. The second-order valence-electron chi connectivity index (χ2n) is 4.37. The Hall–Kier alpha value is -1.36. The van der Waals surface area contributed by atoms with Crippen LogP contribution in [0.3, 0.4) is 0 Å². The van der Waals surface area contributed by atoms with Gasteiger partial charge in [0.15, 0.2) is 0 Å². The maximum Gasteiger partial charge on any atom is 0.228 e. The summed E-state index contributed by atoms with van der Waals surface area (Å²) in [6.07, 6.45) is 4.74. The van der Waals surface area contributed by atoms with Crippen LogP contribution >= 0.6 is 0 Å². The van der Waals surface area contributed by atoms with Crippen LogP contribution in [0.15, 0.2) is 12.3 Å². The van der Waals surface area contributed by atoms with Gasteiger partial charge in [0.2, 0.25) is 11.8 Å². The highest BCUT2D eigenvalue weighted by atomic mass is 16.5. The molecule has 17 heavy (non-hydrogen) atoms. The summed E-state index contributed by atoms with van der Waals surface area (Å²) in [7, 11) is 0. The molecule has 2 heterocycles. The number of piperidine rings is 1. The molecule has 1 aromatic rings. The Kier molecular flexibility index (Phi) is 4.14. The zero-order valence-corrected chi connectivity index (χ0v) is 10.3. The number of rotatable bonds is 4. The molecular weight excluding hydrogens is 216 g/mol. The van der Waals surface area contributed by atoms with E-state index in [0.717, 1.165) is 38.3 Å². The Morgan fingerprint density at radius 3 is 2.94 bits per heavy atom. The van der Waals surface area contributed by atoms with Gasteiger partial charge in [-0.15, -0.1) is 0 Å². The van der Waals surface area contributed by atoms with E-state index in [1.54, 1.807) is 12.3 Å². The molecule has 0 aliphatic carbocycles. The SMILES string of the molecule is CCCOc1ccnc(N2CCC(N)CC2)n1. The van der Waals surface area contributed by atoms with Crippen LogP contribution in [0.25, 0.3) is 0 Å². The molecule has 0 atom stereocenters. The highest BCUT2D eigenvalue weighted by Crippen LogP contribution is 2.17. The number of ether oxygens (including phenoxy) is 1. The van der Waals surface area contributed by atoms with E-state index < -0.39 is 0 Å². The first kappa shape index (κ1) is 12.1. The second-order valence-corrected chi connectivity index (χ2v) is 4.37. The van der Waals surface area contributed by atoms with Crippen molar-refractivity contribution in [2.75, 3.05) is 24.6 Å². The molecule has 1 aliphatic heterocycles. The van der Waals surface area contributed by atoms with Crippen molar-refractivity contribution in [3.8, 4) is 5.88 Å². The molecule has 1 aromatic heterocycles. The van der Waals surface area contributed by atoms with Crippen LogP contribution in [0.1, 0.15) is 26.2 Å². The standard InChI is InChI=1S/C12H20N4O/c1-2-9-17-11-3-6-14-12(15-11)16-7-4-10(13)5-8-16/h3,6,10H,2,4-5,7-9,13H2,1H3. The number of hydrogen-bond donors (Lipinski definition) is 1. The van der Waals surface area contributed by atoms with Gasteiger partial charge in [-0.25, -0.2) is 4.98 Å². The molecule has 1 saturated heterocycles. The average molecular weight is 236 g/mol. The summed E-state index contributed by atoms with van der Waals surface area (Å²) in [4.78, 5) is 10.9. The van der Waals surface area contributed by atoms with E-state index in [9.17, 15) is 0 Å². The Morgan fingerprint density at radius 1 is 1.47 bits per heavy atom. The summed E-state index contributed by atoms with van der Waals surface area (Å²) < 4.78 is 5.51. The van der Waals surface area contributed by atoms with Crippen LogP contribution in [0.5, 0.6) is 5.88 Å². The quantitative estimate of drug-likeness (QED) is 0.850. The van der Waals surface area contributed by atoms with Gasteiger partial charge in [-0.1, -0.05) is 6.92 Å². The van der Waals surface area contributed by atoms with Crippen LogP contribution in [0, 0.1) is 0 Å². The molecule has 0 radical (unpaired) electrons. The lowest BCUT2D eigenvalue weighted by Gasteiger charge is -2.30. The number of aromatic nitrogens is 2. The Balaban J connectivity index is 2.00. The number of nitrogens with zero attached hydrogens (tertiary/aromatic N) is 3. The molecule has 94 valence electrons. The maximum absolute atomic E-state index is 5.88. The highest BCUT2D eigenvalue weighted by molar-refractivity contribution is 5.32. The first-order valence-corrected chi connectivity index (χ1v) is 6.26. The van der Waals surface area contributed by atoms with Crippen molar-refractivity contribution in [3.05, 3.63) is 12.3 Å². The lowest BCUT2D eigenvalue weighted by Crippen LogP contribution is -2.40. The Morgan fingerprint density at radius 2 is 2.24 bits per heavy atom. The van der Waals surface area contributed by atoms with Gasteiger partial charge in [0.25, 0.3) is 0 Å². The van der Waals surface area contributed by atoms with Crippen molar-refractivity contribution in [2.24, 2.45) is 5.73 Å². The van der Waals surface area contributed by atoms with Gasteiger partial charge < -0.3 is 15.4 Å². The monoisotopic (exact) mass is 236 g/mol. The van der Waals surface area contributed by atoms with Gasteiger partial charge in [-0.05, 0) is 19.3 Å². The molecule has 0 spiro atoms. The molecule has 2 rings (SSSR count). The lowest BCUT2D eigenvalue weighted by molar-refractivity contribution is 0.304.